The van der Waals surface area contributed by atoms with Crippen molar-refractivity contribution < 1.29 is 25.5 Å². The maximum atomic E-state index is 11.4. The SMILES string of the molecule is CCn1cnc(CCNc2nc(NC3CCC(Nc4ncnc(NC5CCC(Nc6nc(NCCc7cn(CC)cn7)nc7c6ncn7[C@@H]6C[C@H](n7ncc(CO)n7)C[C@H]6O)CC5)n4)CC3)c3ncn([C@@H]4C[C@H](n5ncc(CO)n5)[C@@H](O)[C@H]4O)c3n2)c1. The average molecular weight is 1190 g/mol. The molecule has 0 radical (unpaired) electrons. The van der Waals surface area contributed by atoms with Gasteiger partial charge < -0.3 is 75.7 Å². The molecule has 460 valence electrons. The van der Waals surface area contributed by atoms with Gasteiger partial charge in [-0.05, 0) is 84.5 Å². The summed E-state index contributed by atoms with van der Waals surface area (Å²) in [5, 5.41) is 92.0. The van der Waals surface area contributed by atoms with E-state index in [4.69, 9.17) is 34.9 Å². The lowest BCUT2D eigenvalue weighted by Gasteiger charge is -2.31. The van der Waals surface area contributed by atoms with E-state index >= 15 is 0 Å². The predicted molar refractivity (Wildman–Crippen MR) is 317 cm³/mol. The first kappa shape index (κ1) is 57.5. The lowest BCUT2D eigenvalue weighted by atomic mass is 9.91. The van der Waals surface area contributed by atoms with E-state index in [9.17, 15) is 25.5 Å². The Bertz CT molecular complexity index is 3750. The van der Waals surface area contributed by atoms with Crippen LogP contribution in [0.1, 0.15) is 131 Å². The molecule has 0 amide bonds. The van der Waals surface area contributed by atoms with Crippen molar-refractivity contribution in [3.63, 3.8) is 0 Å². The van der Waals surface area contributed by atoms with E-state index in [2.05, 4.69) is 86.1 Å². The Labute approximate surface area is 499 Å². The minimum Gasteiger partial charge on any atom is -0.391 e. The van der Waals surface area contributed by atoms with E-state index in [-0.39, 0.29) is 49.5 Å². The first-order valence-electron chi connectivity index (χ1n) is 30.4. The van der Waals surface area contributed by atoms with Gasteiger partial charge in [0.1, 0.15) is 36.0 Å². The molecule has 13 rings (SSSR count). The lowest BCUT2D eigenvalue weighted by Crippen LogP contribution is -2.34. The van der Waals surface area contributed by atoms with Crippen LogP contribution in [0.5, 0.6) is 0 Å². The molecule has 9 aromatic heterocycles. The summed E-state index contributed by atoms with van der Waals surface area (Å²) in [7, 11) is 0. The third kappa shape index (κ3) is 12.5. The molecule has 0 spiro atoms. The maximum absolute atomic E-state index is 11.4. The third-order valence-corrected chi connectivity index (χ3v) is 17.5. The number of anilines is 6. The van der Waals surface area contributed by atoms with Crippen LogP contribution in [-0.2, 0) is 39.1 Å². The largest absolute Gasteiger partial charge is 0.391 e. The second kappa shape index (κ2) is 25.4. The Morgan fingerprint density at radius 1 is 0.483 bits per heavy atom. The fraction of sp³-hybridized carbons (Fsp3) is 0.582. The number of hydrogen-bond acceptors (Lipinski definition) is 26. The molecule has 9 aromatic rings. The van der Waals surface area contributed by atoms with Crippen molar-refractivity contribution in [2.75, 3.05) is 45.0 Å². The van der Waals surface area contributed by atoms with Gasteiger partial charge in [0.05, 0.1) is 86.5 Å². The highest BCUT2D eigenvalue weighted by molar-refractivity contribution is 5.85. The smallest absolute Gasteiger partial charge is 0.227 e. The second-order valence-corrected chi connectivity index (χ2v) is 23.2. The Balaban J connectivity index is 0.631. The van der Waals surface area contributed by atoms with Crippen molar-refractivity contribution in [3.05, 3.63) is 79.2 Å². The highest BCUT2D eigenvalue weighted by Crippen LogP contribution is 2.42. The first-order chi connectivity index (χ1) is 42.5. The molecule has 87 heavy (non-hydrogen) atoms. The van der Waals surface area contributed by atoms with Crippen LogP contribution in [0.25, 0.3) is 22.3 Å². The number of aryl methyl sites for hydroxylation is 2. The minimum atomic E-state index is -1.17. The summed E-state index contributed by atoms with van der Waals surface area (Å²) in [5.41, 5.74) is 5.06. The van der Waals surface area contributed by atoms with Crippen molar-refractivity contribution in [2.45, 2.75) is 190 Å². The van der Waals surface area contributed by atoms with E-state index in [0.717, 1.165) is 75.8 Å². The topological polar surface area (TPSA) is 396 Å². The highest BCUT2D eigenvalue weighted by atomic mass is 16.3. The number of aliphatic hydroxyl groups is 5. The van der Waals surface area contributed by atoms with Crippen molar-refractivity contribution in [2.24, 2.45) is 0 Å². The van der Waals surface area contributed by atoms with Gasteiger partial charge in [-0.15, -0.1) is 0 Å². The maximum Gasteiger partial charge on any atom is 0.227 e. The van der Waals surface area contributed by atoms with Gasteiger partial charge in [0, 0.05) is 75.6 Å². The van der Waals surface area contributed by atoms with Crippen LogP contribution in [0, 0.1) is 0 Å². The molecule has 32 heteroatoms. The van der Waals surface area contributed by atoms with Crippen LogP contribution in [0.4, 0.5) is 35.4 Å². The molecule has 0 unspecified atom stereocenters. The average Bonchev–Trinajstić information content (AvgIpc) is 1.74. The lowest BCUT2D eigenvalue weighted by molar-refractivity contribution is 0.00491. The summed E-state index contributed by atoms with van der Waals surface area (Å²) in [4.78, 5) is 55.3. The number of nitrogens with one attached hydrogen (secondary N) is 6. The summed E-state index contributed by atoms with van der Waals surface area (Å²) < 4.78 is 7.83. The van der Waals surface area contributed by atoms with E-state index in [1.165, 1.54) is 11.0 Å². The number of nitrogens with zero attached hydrogens (tertiary/aromatic N) is 21. The summed E-state index contributed by atoms with van der Waals surface area (Å²) >= 11 is 0. The number of fused-ring (bicyclic) bond motifs is 2. The zero-order valence-corrected chi connectivity index (χ0v) is 48.6. The fourth-order valence-electron chi connectivity index (χ4n) is 12.7. The zero-order chi connectivity index (χ0) is 59.5. The number of imidazole rings is 4. The Morgan fingerprint density at radius 3 is 1.46 bits per heavy atom. The van der Waals surface area contributed by atoms with Gasteiger partial charge in [0.15, 0.2) is 34.0 Å². The molecule has 7 atom stereocenters. The summed E-state index contributed by atoms with van der Waals surface area (Å²) in [6.07, 6.45) is 22.1. The molecule has 0 saturated heterocycles. The molecule has 0 aromatic carbocycles. The van der Waals surface area contributed by atoms with Crippen molar-refractivity contribution in [1.82, 2.24) is 103 Å². The fourth-order valence-corrected chi connectivity index (χ4v) is 12.7. The summed E-state index contributed by atoms with van der Waals surface area (Å²) in [6, 6.07) is -1.27. The highest BCUT2D eigenvalue weighted by Gasteiger charge is 2.45. The molecular formula is C55H75N27O5. The van der Waals surface area contributed by atoms with Gasteiger partial charge >= 0.3 is 0 Å². The van der Waals surface area contributed by atoms with Gasteiger partial charge in [-0.2, -0.15) is 54.9 Å². The molecular weight excluding hydrogens is 1120 g/mol. The van der Waals surface area contributed by atoms with E-state index in [0.29, 0.717) is 114 Å². The first-order valence-corrected chi connectivity index (χ1v) is 30.4. The Morgan fingerprint density at radius 2 is 0.966 bits per heavy atom. The third-order valence-electron chi connectivity index (χ3n) is 17.5. The van der Waals surface area contributed by atoms with Crippen LogP contribution < -0.4 is 31.9 Å². The normalized spacial score (nSPS) is 24.9. The molecule has 11 N–H and O–H groups in total. The van der Waals surface area contributed by atoms with Crippen LogP contribution in [0.3, 0.4) is 0 Å². The van der Waals surface area contributed by atoms with Crippen LogP contribution in [0.2, 0.25) is 0 Å². The molecule has 0 bridgehead atoms. The Kier molecular flexibility index (Phi) is 16.8. The monoisotopic (exact) mass is 1190 g/mol. The summed E-state index contributed by atoms with van der Waals surface area (Å²) in [5.74, 6) is 3.08. The van der Waals surface area contributed by atoms with Gasteiger partial charge in [-0.3, -0.25) is 0 Å². The van der Waals surface area contributed by atoms with E-state index < -0.39 is 30.4 Å². The van der Waals surface area contributed by atoms with Crippen molar-refractivity contribution in [3.8, 4) is 0 Å². The molecule has 32 nitrogen and oxygen atoms in total. The summed E-state index contributed by atoms with van der Waals surface area (Å²) in [6.45, 7) is 6.44. The molecule has 0 aliphatic heterocycles. The minimum absolute atomic E-state index is 0.0737. The number of hydrogen-bond donors (Lipinski definition) is 11. The number of aliphatic hydroxyl groups excluding tert-OH is 5. The Hall–Kier alpha value is -8.59. The predicted octanol–water partition coefficient (Wildman–Crippen LogP) is 2.58. The number of rotatable bonds is 24. The number of aromatic nitrogens is 21. The zero-order valence-electron chi connectivity index (χ0n) is 48.6. The van der Waals surface area contributed by atoms with Gasteiger partial charge in [-0.1, -0.05) is 0 Å². The standard InChI is InChI=1S/C55H75N27O5/c1-3-77-22-35(60-27-77)13-15-56-52-70-48(44-50(72-52)79(29-62-44)40-17-39(18-43(40)85)81-64-20-37(24-83)75-81)66-31-5-9-33(10-6-31)68-54-58-26-59-55(74-54)69-34-11-7-32(8-12-34)67-49-45-51(73-53(71-49)57-16-14-36-23-78(4-2)28-61-36)80(30-63-45)41-19-42(47(87)46(41)86)82-65-21-38(25-84)76-82/h20-23,26-34,39-43,46-47,83-87H,3-19,24-25H2,1-2H3,(H2,56,66,70,72)(H2,57,67,71,73)(H2,58,59,68,69,74)/t31?,32?,33?,34?,39-,40+,41+,42-,43+,46-,47+/m0/s1. The van der Waals surface area contributed by atoms with E-state index in [1.807, 2.05) is 38.7 Å². The van der Waals surface area contributed by atoms with Crippen molar-refractivity contribution in [1.29, 1.82) is 0 Å². The van der Waals surface area contributed by atoms with Crippen molar-refractivity contribution >= 4 is 57.8 Å². The quantitative estimate of drug-likeness (QED) is 0.0414. The van der Waals surface area contributed by atoms with Gasteiger partial charge in [0.25, 0.3) is 0 Å². The second-order valence-electron chi connectivity index (χ2n) is 23.2. The van der Waals surface area contributed by atoms with Crippen LogP contribution in [0.15, 0.2) is 56.4 Å². The molecule has 9 heterocycles. The molecule has 4 fully saturated rings. The van der Waals surface area contributed by atoms with Crippen LogP contribution >= 0.6 is 0 Å². The molecule has 4 aliphatic rings. The van der Waals surface area contributed by atoms with Gasteiger partial charge in [0.2, 0.25) is 23.8 Å². The molecule has 4 saturated carbocycles. The van der Waals surface area contributed by atoms with E-state index in [1.54, 1.807) is 34.5 Å². The molecule has 4 aliphatic carbocycles. The van der Waals surface area contributed by atoms with Gasteiger partial charge in [-0.25, -0.2) is 29.9 Å². The van der Waals surface area contributed by atoms with Crippen LogP contribution in [-0.4, -0.2) is 184 Å².